The van der Waals surface area contributed by atoms with Gasteiger partial charge in [-0.3, -0.25) is 4.79 Å². The number of nitrogens with one attached hydrogen (secondary N) is 1. The number of carbonyl (C=O) groups is 3. The Morgan fingerprint density at radius 1 is 1.41 bits per heavy atom. The van der Waals surface area contributed by atoms with Crippen LogP contribution in [0, 0.1) is 0 Å². The van der Waals surface area contributed by atoms with E-state index >= 15 is 0 Å². The van der Waals surface area contributed by atoms with Gasteiger partial charge in [-0.25, -0.2) is 9.59 Å². The summed E-state index contributed by atoms with van der Waals surface area (Å²) in [5.41, 5.74) is 0. The standard InChI is InChI=1S/C10H16N2O5/c1-17-9(15)7-4-2-3-5-12(7)10(16)11-6-8(13)14/h7H,2-6H2,1H3,(H,11,16)(H,13,14). The maximum Gasteiger partial charge on any atom is 0.328 e. The van der Waals surface area contributed by atoms with Gasteiger partial charge in [0.05, 0.1) is 7.11 Å². The largest absolute Gasteiger partial charge is 0.480 e. The van der Waals surface area contributed by atoms with Crippen LogP contribution in [0.4, 0.5) is 4.79 Å². The van der Waals surface area contributed by atoms with Gasteiger partial charge in [0.25, 0.3) is 0 Å². The van der Waals surface area contributed by atoms with Crippen molar-refractivity contribution in [2.75, 3.05) is 20.2 Å². The Bertz CT molecular complexity index is 318. The summed E-state index contributed by atoms with van der Waals surface area (Å²) < 4.78 is 4.62. The Kier molecular flexibility index (Phi) is 4.74. The summed E-state index contributed by atoms with van der Waals surface area (Å²) in [6.07, 6.45) is 2.20. The molecule has 0 spiro atoms. The van der Waals surface area contributed by atoms with Gasteiger partial charge in [-0.15, -0.1) is 0 Å². The van der Waals surface area contributed by atoms with Crippen LogP contribution in [0.5, 0.6) is 0 Å². The minimum atomic E-state index is -1.12. The number of ether oxygens (including phenoxy) is 1. The van der Waals surface area contributed by atoms with E-state index < -0.39 is 30.6 Å². The normalized spacial score (nSPS) is 19.6. The number of amides is 2. The first-order chi connectivity index (χ1) is 8.06. The minimum Gasteiger partial charge on any atom is -0.480 e. The number of esters is 1. The summed E-state index contributed by atoms with van der Waals surface area (Å²) in [6.45, 7) is -0.0194. The molecule has 1 rings (SSSR count). The van der Waals surface area contributed by atoms with E-state index in [1.807, 2.05) is 0 Å². The second kappa shape index (κ2) is 6.07. The summed E-state index contributed by atoms with van der Waals surface area (Å²) in [5, 5.41) is 10.7. The van der Waals surface area contributed by atoms with Crippen LogP contribution in [-0.4, -0.2) is 54.2 Å². The van der Waals surface area contributed by atoms with E-state index in [1.54, 1.807) is 0 Å². The summed E-state index contributed by atoms with van der Waals surface area (Å²) in [7, 11) is 1.27. The lowest BCUT2D eigenvalue weighted by molar-refractivity contribution is -0.146. The van der Waals surface area contributed by atoms with Crippen molar-refractivity contribution >= 4 is 18.0 Å². The molecule has 0 saturated carbocycles. The SMILES string of the molecule is COC(=O)C1CCCCN1C(=O)NCC(=O)O. The molecule has 1 atom stereocenters. The Labute approximate surface area is 98.7 Å². The number of piperidine rings is 1. The highest BCUT2D eigenvalue weighted by Crippen LogP contribution is 2.17. The van der Waals surface area contributed by atoms with Crippen LogP contribution in [0.2, 0.25) is 0 Å². The molecule has 0 aromatic rings. The van der Waals surface area contributed by atoms with Gasteiger partial charge in [-0.1, -0.05) is 0 Å². The number of methoxy groups -OCH3 is 1. The molecule has 1 aliphatic heterocycles. The number of rotatable bonds is 3. The molecule has 1 unspecified atom stereocenters. The van der Waals surface area contributed by atoms with Crippen LogP contribution in [0.1, 0.15) is 19.3 Å². The van der Waals surface area contributed by atoms with E-state index in [4.69, 9.17) is 5.11 Å². The number of hydrogen-bond donors (Lipinski definition) is 2. The van der Waals surface area contributed by atoms with Crippen molar-refractivity contribution < 1.29 is 24.2 Å². The molecule has 2 N–H and O–H groups in total. The molecule has 0 aromatic heterocycles. The number of hydrogen-bond acceptors (Lipinski definition) is 4. The van der Waals surface area contributed by atoms with Gasteiger partial charge >= 0.3 is 18.0 Å². The molecule has 0 bridgehead atoms. The zero-order valence-corrected chi connectivity index (χ0v) is 9.64. The second-order valence-corrected chi connectivity index (χ2v) is 3.78. The number of likely N-dealkylation sites (tertiary alicyclic amines) is 1. The first kappa shape index (κ1) is 13.3. The van der Waals surface area contributed by atoms with Crippen molar-refractivity contribution in [3.8, 4) is 0 Å². The predicted octanol–water partition coefficient (Wildman–Crippen LogP) is -0.192. The zero-order chi connectivity index (χ0) is 12.8. The first-order valence-corrected chi connectivity index (χ1v) is 5.40. The van der Waals surface area contributed by atoms with Crippen LogP contribution in [0.15, 0.2) is 0 Å². The monoisotopic (exact) mass is 244 g/mol. The van der Waals surface area contributed by atoms with Crippen molar-refractivity contribution in [1.29, 1.82) is 0 Å². The molecule has 1 fully saturated rings. The molecular weight excluding hydrogens is 228 g/mol. The third-order valence-corrected chi connectivity index (χ3v) is 2.63. The zero-order valence-electron chi connectivity index (χ0n) is 9.64. The topological polar surface area (TPSA) is 95.9 Å². The van der Waals surface area contributed by atoms with Crippen LogP contribution in [-0.2, 0) is 14.3 Å². The van der Waals surface area contributed by atoms with Crippen molar-refractivity contribution in [2.24, 2.45) is 0 Å². The summed E-state index contributed by atoms with van der Waals surface area (Å²) in [4.78, 5) is 34.8. The van der Waals surface area contributed by atoms with E-state index in [0.717, 1.165) is 12.8 Å². The molecule has 7 heteroatoms. The van der Waals surface area contributed by atoms with Gasteiger partial charge < -0.3 is 20.1 Å². The molecular formula is C10H16N2O5. The van der Waals surface area contributed by atoms with Crippen molar-refractivity contribution in [3.63, 3.8) is 0 Å². The van der Waals surface area contributed by atoms with Crippen LogP contribution < -0.4 is 5.32 Å². The van der Waals surface area contributed by atoms with Gasteiger partial charge in [0, 0.05) is 6.54 Å². The number of carboxylic acid groups (broad SMARTS) is 1. The molecule has 1 saturated heterocycles. The van der Waals surface area contributed by atoms with Gasteiger partial charge in [-0.2, -0.15) is 0 Å². The lowest BCUT2D eigenvalue weighted by Crippen LogP contribution is -2.52. The van der Waals surface area contributed by atoms with Gasteiger partial charge in [-0.05, 0) is 19.3 Å². The molecule has 0 aromatic carbocycles. The van der Waals surface area contributed by atoms with Gasteiger partial charge in [0.2, 0.25) is 0 Å². The van der Waals surface area contributed by atoms with Crippen LogP contribution in [0.3, 0.4) is 0 Å². The van der Waals surface area contributed by atoms with Gasteiger partial charge in [0.15, 0.2) is 0 Å². The summed E-state index contributed by atoms with van der Waals surface area (Å²) >= 11 is 0. The third kappa shape index (κ3) is 3.61. The molecule has 2 amide bonds. The van der Waals surface area contributed by atoms with E-state index in [0.29, 0.717) is 13.0 Å². The smallest absolute Gasteiger partial charge is 0.328 e. The van der Waals surface area contributed by atoms with E-state index in [1.165, 1.54) is 12.0 Å². The van der Waals surface area contributed by atoms with Crippen molar-refractivity contribution in [3.05, 3.63) is 0 Å². The Balaban J connectivity index is 2.60. The Morgan fingerprint density at radius 3 is 2.71 bits per heavy atom. The number of nitrogens with zero attached hydrogens (tertiary/aromatic N) is 1. The molecule has 1 aliphatic rings. The van der Waals surface area contributed by atoms with Crippen LogP contribution >= 0.6 is 0 Å². The maximum atomic E-state index is 11.7. The fourth-order valence-electron chi connectivity index (χ4n) is 1.81. The molecule has 0 radical (unpaired) electrons. The second-order valence-electron chi connectivity index (χ2n) is 3.78. The first-order valence-electron chi connectivity index (χ1n) is 5.40. The van der Waals surface area contributed by atoms with Gasteiger partial charge in [0.1, 0.15) is 12.6 Å². The molecule has 17 heavy (non-hydrogen) atoms. The number of aliphatic carboxylic acids is 1. The maximum absolute atomic E-state index is 11.7. The molecule has 7 nitrogen and oxygen atoms in total. The lowest BCUT2D eigenvalue weighted by Gasteiger charge is -2.33. The number of carbonyl (C=O) groups excluding carboxylic acids is 2. The van der Waals surface area contributed by atoms with E-state index in [2.05, 4.69) is 10.1 Å². The quantitative estimate of drug-likeness (QED) is 0.671. The highest BCUT2D eigenvalue weighted by atomic mass is 16.5. The summed E-state index contributed by atoms with van der Waals surface area (Å²) in [6, 6.07) is -1.15. The van der Waals surface area contributed by atoms with E-state index in [9.17, 15) is 14.4 Å². The highest BCUT2D eigenvalue weighted by Gasteiger charge is 2.32. The highest BCUT2D eigenvalue weighted by molar-refractivity contribution is 5.85. The fourth-order valence-corrected chi connectivity index (χ4v) is 1.81. The predicted molar refractivity (Wildman–Crippen MR) is 57.4 cm³/mol. The number of carboxylic acids is 1. The molecule has 0 aliphatic carbocycles. The molecule has 1 heterocycles. The van der Waals surface area contributed by atoms with E-state index in [-0.39, 0.29) is 0 Å². The fraction of sp³-hybridized carbons (Fsp3) is 0.700. The molecule has 96 valence electrons. The Hall–Kier alpha value is -1.79. The third-order valence-electron chi connectivity index (χ3n) is 2.63. The van der Waals surface area contributed by atoms with Crippen molar-refractivity contribution in [1.82, 2.24) is 10.2 Å². The lowest BCUT2D eigenvalue weighted by atomic mass is 10.0. The average molecular weight is 244 g/mol. The van der Waals surface area contributed by atoms with Crippen LogP contribution in [0.25, 0.3) is 0 Å². The van der Waals surface area contributed by atoms with Crippen molar-refractivity contribution in [2.45, 2.75) is 25.3 Å². The number of urea groups is 1. The minimum absolute atomic E-state index is 0.436. The summed E-state index contributed by atoms with van der Waals surface area (Å²) in [5.74, 6) is -1.58. The average Bonchev–Trinajstić information content (AvgIpc) is 2.34. The Morgan fingerprint density at radius 2 is 2.12 bits per heavy atom.